The quantitative estimate of drug-likeness (QED) is 0.697. The Morgan fingerprint density at radius 3 is 2.39 bits per heavy atom. The summed E-state index contributed by atoms with van der Waals surface area (Å²) in [5.41, 5.74) is 0. The maximum Gasteiger partial charge on any atom is 0.344 e. The molecule has 1 aromatic carbocycles. The van der Waals surface area contributed by atoms with Crippen molar-refractivity contribution in [3.8, 4) is 5.75 Å². The molecule has 7 nitrogen and oxygen atoms in total. The number of carbonyl (C=O) groups is 3. The Labute approximate surface area is 142 Å². The molecule has 0 saturated carbocycles. The van der Waals surface area contributed by atoms with Crippen LogP contribution in [0, 0.1) is 5.92 Å². The second-order valence-corrected chi connectivity index (χ2v) is 5.97. The van der Waals surface area contributed by atoms with Gasteiger partial charge in [0.2, 0.25) is 0 Å². The van der Waals surface area contributed by atoms with E-state index in [1.807, 2.05) is 13.8 Å². The Morgan fingerprint density at radius 1 is 1.13 bits per heavy atom. The minimum Gasteiger partial charge on any atom is -0.482 e. The first kappa shape index (κ1) is 19.0. The van der Waals surface area contributed by atoms with Crippen molar-refractivity contribution < 1.29 is 23.9 Å². The molecule has 0 aliphatic heterocycles. The molecule has 8 heteroatoms. The Morgan fingerprint density at radius 2 is 1.78 bits per heavy atom. The average molecular weight is 387 g/mol. The van der Waals surface area contributed by atoms with E-state index in [0.29, 0.717) is 12.3 Å². The predicted molar refractivity (Wildman–Crippen MR) is 87.0 cm³/mol. The number of hydrogen-bond acceptors (Lipinski definition) is 5. The number of rotatable bonds is 7. The van der Waals surface area contributed by atoms with Gasteiger partial charge in [-0.05, 0) is 30.2 Å². The number of benzene rings is 1. The zero-order chi connectivity index (χ0) is 17.2. The van der Waals surface area contributed by atoms with Crippen molar-refractivity contribution in [2.45, 2.75) is 13.8 Å². The van der Waals surface area contributed by atoms with Crippen molar-refractivity contribution in [1.82, 2.24) is 10.6 Å². The van der Waals surface area contributed by atoms with Crippen LogP contribution in [-0.4, -0.2) is 37.7 Å². The summed E-state index contributed by atoms with van der Waals surface area (Å²) in [6.45, 7) is 3.43. The molecule has 0 fully saturated rings. The lowest BCUT2D eigenvalue weighted by atomic mass is 10.2. The second-order valence-electron chi connectivity index (χ2n) is 5.06. The molecule has 126 valence electrons. The van der Waals surface area contributed by atoms with Gasteiger partial charge in [0, 0.05) is 11.0 Å². The highest BCUT2D eigenvalue weighted by atomic mass is 79.9. The standard InChI is InChI=1S/C15H19BrN2O5/c1-10(2)7-17-15(21)18-13(19)8-23-14(20)9-22-12-5-3-11(16)4-6-12/h3-6,10H,7-9H2,1-2H3,(H2,17,18,19,21). The molecule has 0 aromatic heterocycles. The van der Waals surface area contributed by atoms with E-state index in [4.69, 9.17) is 9.47 Å². The Kier molecular flexibility index (Phi) is 8.10. The van der Waals surface area contributed by atoms with Crippen LogP contribution in [0.1, 0.15) is 13.8 Å². The molecular weight excluding hydrogens is 368 g/mol. The minimum atomic E-state index is -0.705. The Balaban J connectivity index is 2.20. The molecule has 0 bridgehead atoms. The molecule has 0 radical (unpaired) electrons. The highest BCUT2D eigenvalue weighted by molar-refractivity contribution is 9.10. The molecule has 0 heterocycles. The molecule has 0 unspecified atom stereocenters. The third-order valence-electron chi connectivity index (χ3n) is 2.46. The molecule has 3 amide bonds. The number of urea groups is 1. The molecule has 0 spiro atoms. The number of hydrogen-bond donors (Lipinski definition) is 2. The van der Waals surface area contributed by atoms with Crippen LogP contribution in [0.4, 0.5) is 4.79 Å². The molecule has 1 rings (SSSR count). The number of esters is 1. The number of nitrogens with one attached hydrogen (secondary N) is 2. The summed E-state index contributed by atoms with van der Waals surface area (Å²) in [6, 6.07) is 6.28. The van der Waals surface area contributed by atoms with E-state index in [0.717, 1.165) is 4.47 Å². The van der Waals surface area contributed by atoms with Crippen molar-refractivity contribution >= 4 is 33.8 Å². The fraction of sp³-hybridized carbons (Fsp3) is 0.400. The second kappa shape index (κ2) is 9.83. The van der Waals surface area contributed by atoms with Crippen LogP contribution in [-0.2, 0) is 14.3 Å². The lowest BCUT2D eigenvalue weighted by Gasteiger charge is -2.09. The topological polar surface area (TPSA) is 93.7 Å². The minimum absolute atomic E-state index is 0.268. The zero-order valence-corrected chi connectivity index (χ0v) is 14.5. The van der Waals surface area contributed by atoms with Crippen molar-refractivity contribution in [2.75, 3.05) is 19.8 Å². The summed E-state index contributed by atoms with van der Waals surface area (Å²) in [6.07, 6.45) is 0. The van der Waals surface area contributed by atoms with Gasteiger partial charge < -0.3 is 14.8 Å². The van der Waals surface area contributed by atoms with Gasteiger partial charge in [-0.1, -0.05) is 29.8 Å². The monoisotopic (exact) mass is 386 g/mol. The van der Waals surface area contributed by atoms with Crippen molar-refractivity contribution in [3.05, 3.63) is 28.7 Å². The average Bonchev–Trinajstić information content (AvgIpc) is 2.50. The van der Waals surface area contributed by atoms with E-state index in [9.17, 15) is 14.4 Å². The molecule has 0 aliphatic rings. The first-order valence-electron chi connectivity index (χ1n) is 6.98. The van der Waals surface area contributed by atoms with Gasteiger partial charge in [-0.25, -0.2) is 9.59 Å². The van der Waals surface area contributed by atoms with Crippen LogP contribution in [0.2, 0.25) is 0 Å². The number of carbonyl (C=O) groups excluding carboxylic acids is 3. The number of imide groups is 1. The summed E-state index contributed by atoms with van der Waals surface area (Å²) in [4.78, 5) is 34.2. The maximum absolute atomic E-state index is 11.5. The van der Waals surface area contributed by atoms with Gasteiger partial charge in [0.1, 0.15) is 5.75 Å². The highest BCUT2D eigenvalue weighted by Crippen LogP contribution is 2.15. The molecule has 23 heavy (non-hydrogen) atoms. The molecule has 2 N–H and O–H groups in total. The summed E-state index contributed by atoms with van der Waals surface area (Å²) >= 11 is 3.28. The van der Waals surface area contributed by atoms with Crippen LogP contribution in [0.5, 0.6) is 5.75 Å². The SMILES string of the molecule is CC(C)CNC(=O)NC(=O)COC(=O)COc1ccc(Br)cc1. The third-order valence-corrected chi connectivity index (χ3v) is 2.99. The van der Waals surface area contributed by atoms with E-state index in [-0.39, 0.29) is 12.5 Å². The number of amides is 3. The van der Waals surface area contributed by atoms with E-state index >= 15 is 0 Å². The molecular formula is C15H19BrN2O5. The summed E-state index contributed by atoms with van der Waals surface area (Å²) in [5, 5.41) is 4.57. The van der Waals surface area contributed by atoms with Gasteiger partial charge >= 0.3 is 12.0 Å². The largest absolute Gasteiger partial charge is 0.482 e. The Bertz CT molecular complexity index is 545. The van der Waals surface area contributed by atoms with Gasteiger partial charge in [0.05, 0.1) is 0 Å². The lowest BCUT2D eigenvalue weighted by molar-refractivity contribution is -0.150. The first-order chi connectivity index (χ1) is 10.9. The van der Waals surface area contributed by atoms with Gasteiger partial charge in [-0.3, -0.25) is 10.1 Å². The maximum atomic E-state index is 11.5. The number of halogens is 1. The zero-order valence-electron chi connectivity index (χ0n) is 12.9. The van der Waals surface area contributed by atoms with Crippen LogP contribution < -0.4 is 15.4 Å². The molecule has 0 aliphatic carbocycles. The van der Waals surface area contributed by atoms with Crippen molar-refractivity contribution in [3.63, 3.8) is 0 Å². The van der Waals surface area contributed by atoms with Crippen LogP contribution in [0.25, 0.3) is 0 Å². The summed E-state index contributed by atoms with van der Waals surface area (Å²) in [5.74, 6) is -0.638. The number of ether oxygens (including phenoxy) is 2. The fourth-order valence-electron chi connectivity index (χ4n) is 1.36. The van der Waals surface area contributed by atoms with E-state index in [2.05, 4.69) is 26.6 Å². The third kappa shape index (κ3) is 8.82. The smallest absolute Gasteiger partial charge is 0.344 e. The lowest BCUT2D eigenvalue weighted by Crippen LogP contribution is -2.42. The van der Waals surface area contributed by atoms with Gasteiger partial charge in [0.15, 0.2) is 13.2 Å². The Hall–Kier alpha value is -2.09. The van der Waals surface area contributed by atoms with Gasteiger partial charge in [0.25, 0.3) is 5.91 Å². The van der Waals surface area contributed by atoms with Crippen LogP contribution >= 0.6 is 15.9 Å². The van der Waals surface area contributed by atoms with Crippen molar-refractivity contribution in [1.29, 1.82) is 0 Å². The van der Waals surface area contributed by atoms with Gasteiger partial charge in [-0.2, -0.15) is 0 Å². The van der Waals surface area contributed by atoms with Crippen LogP contribution in [0.15, 0.2) is 28.7 Å². The summed E-state index contributed by atoms with van der Waals surface area (Å²) < 4.78 is 10.8. The molecule has 0 saturated heterocycles. The van der Waals surface area contributed by atoms with E-state index < -0.39 is 24.5 Å². The highest BCUT2D eigenvalue weighted by Gasteiger charge is 2.11. The predicted octanol–water partition coefficient (Wildman–Crippen LogP) is 1.85. The first-order valence-corrected chi connectivity index (χ1v) is 7.77. The van der Waals surface area contributed by atoms with E-state index in [1.165, 1.54) is 0 Å². The molecule has 0 atom stereocenters. The van der Waals surface area contributed by atoms with Crippen LogP contribution in [0.3, 0.4) is 0 Å². The van der Waals surface area contributed by atoms with Gasteiger partial charge in [-0.15, -0.1) is 0 Å². The normalized spacial score (nSPS) is 10.1. The molecule has 1 aromatic rings. The van der Waals surface area contributed by atoms with E-state index in [1.54, 1.807) is 24.3 Å². The summed E-state index contributed by atoms with van der Waals surface area (Å²) in [7, 11) is 0. The fourth-order valence-corrected chi connectivity index (χ4v) is 1.63. The van der Waals surface area contributed by atoms with Crippen molar-refractivity contribution in [2.24, 2.45) is 5.92 Å².